The third-order valence-corrected chi connectivity index (χ3v) is 2.83. The number of nitrogens with zero attached hydrogens (tertiary/aromatic N) is 1. The van der Waals surface area contributed by atoms with E-state index in [4.69, 9.17) is 9.47 Å². The van der Waals surface area contributed by atoms with Gasteiger partial charge in [0.25, 0.3) is 0 Å². The van der Waals surface area contributed by atoms with Gasteiger partial charge in [-0.3, -0.25) is 4.90 Å². The van der Waals surface area contributed by atoms with Crippen LogP contribution in [0, 0.1) is 0 Å². The first-order valence-electron chi connectivity index (χ1n) is 6.41. The molecule has 5 nitrogen and oxygen atoms in total. The molecule has 1 aliphatic rings. The molecule has 1 rings (SSSR count). The molecule has 0 unspecified atom stereocenters. The first-order chi connectivity index (χ1) is 8.70. The predicted octanol–water partition coefficient (Wildman–Crippen LogP) is 2.12. The van der Waals surface area contributed by atoms with Crippen molar-refractivity contribution in [3.8, 4) is 0 Å². The number of ether oxygens (including phenoxy) is 2. The summed E-state index contributed by atoms with van der Waals surface area (Å²) in [4.78, 5) is 25.0. The zero-order valence-electron chi connectivity index (χ0n) is 10.9. The van der Waals surface area contributed by atoms with E-state index in [9.17, 15) is 9.59 Å². The summed E-state index contributed by atoms with van der Waals surface area (Å²) in [7, 11) is 0. The van der Waals surface area contributed by atoms with E-state index in [1.165, 1.54) is 11.0 Å². The van der Waals surface area contributed by atoms with E-state index in [1.54, 1.807) is 0 Å². The molecule has 0 saturated carbocycles. The van der Waals surface area contributed by atoms with Crippen LogP contribution in [0.4, 0.5) is 4.79 Å². The van der Waals surface area contributed by atoms with Gasteiger partial charge in [0.2, 0.25) is 0 Å². The second-order valence-electron chi connectivity index (χ2n) is 4.24. The lowest BCUT2D eigenvalue weighted by Crippen LogP contribution is -2.41. The summed E-state index contributed by atoms with van der Waals surface area (Å²) in [5, 5.41) is 0. The lowest BCUT2D eigenvalue weighted by molar-refractivity contribution is -0.148. The zero-order chi connectivity index (χ0) is 13.4. The van der Waals surface area contributed by atoms with Gasteiger partial charge in [-0.25, -0.2) is 9.59 Å². The number of carbonyl (C=O) groups is 2. The van der Waals surface area contributed by atoms with Gasteiger partial charge >= 0.3 is 12.1 Å². The van der Waals surface area contributed by atoms with Crippen LogP contribution in [-0.4, -0.2) is 42.8 Å². The molecule has 1 heterocycles. The second kappa shape index (κ2) is 7.74. The van der Waals surface area contributed by atoms with Gasteiger partial charge in [0.15, 0.2) is 0 Å². The third-order valence-electron chi connectivity index (χ3n) is 2.83. The number of hydrogen-bond donors (Lipinski definition) is 0. The molecule has 0 aromatic rings. The highest BCUT2D eigenvalue weighted by Crippen LogP contribution is 2.19. The van der Waals surface area contributed by atoms with Crippen molar-refractivity contribution >= 4 is 12.1 Å². The van der Waals surface area contributed by atoms with Crippen LogP contribution in [-0.2, 0) is 14.3 Å². The molecule has 1 fully saturated rings. The Morgan fingerprint density at radius 1 is 1.44 bits per heavy atom. The van der Waals surface area contributed by atoms with E-state index in [0.717, 1.165) is 19.3 Å². The molecule has 0 radical (unpaired) electrons. The number of hydrogen-bond acceptors (Lipinski definition) is 4. The largest absolute Gasteiger partial charge is 0.464 e. The van der Waals surface area contributed by atoms with Crippen molar-refractivity contribution in [2.45, 2.75) is 38.6 Å². The van der Waals surface area contributed by atoms with Crippen molar-refractivity contribution in [1.82, 2.24) is 4.90 Å². The van der Waals surface area contributed by atoms with Crippen LogP contribution in [0.15, 0.2) is 12.7 Å². The fraction of sp³-hybridized carbons (Fsp3) is 0.692. The summed E-state index contributed by atoms with van der Waals surface area (Å²) in [6.07, 6.45) is 4.31. The van der Waals surface area contributed by atoms with Crippen LogP contribution in [0.25, 0.3) is 0 Å². The zero-order valence-corrected chi connectivity index (χ0v) is 10.9. The van der Waals surface area contributed by atoms with Crippen LogP contribution < -0.4 is 0 Å². The van der Waals surface area contributed by atoms with E-state index in [1.807, 2.05) is 6.92 Å². The van der Waals surface area contributed by atoms with Crippen LogP contribution in [0.1, 0.15) is 32.6 Å². The maximum atomic E-state index is 11.8. The highest BCUT2D eigenvalue weighted by molar-refractivity contribution is 5.82. The minimum atomic E-state index is -0.487. The number of rotatable bonds is 6. The summed E-state index contributed by atoms with van der Waals surface area (Å²) in [5.41, 5.74) is 0. The lowest BCUT2D eigenvalue weighted by atomic mass is 10.2. The van der Waals surface area contributed by atoms with Gasteiger partial charge < -0.3 is 9.47 Å². The molecule has 1 aliphatic heterocycles. The number of likely N-dealkylation sites (tertiary alicyclic amines) is 1. The summed E-state index contributed by atoms with van der Waals surface area (Å²) in [5.74, 6) is -0.323. The summed E-state index contributed by atoms with van der Waals surface area (Å²) in [6.45, 7) is 6.63. The van der Waals surface area contributed by atoms with Crippen molar-refractivity contribution in [2.75, 3.05) is 19.8 Å². The van der Waals surface area contributed by atoms with Gasteiger partial charge in [0.1, 0.15) is 12.6 Å². The SMILES string of the molecule is C=CCOC(=O)N1CCC[C@H]1C(=O)OCCCC. The summed E-state index contributed by atoms with van der Waals surface area (Å²) >= 11 is 0. The Kier molecular flexibility index (Phi) is 6.25. The molecular formula is C13H21NO4. The van der Waals surface area contributed by atoms with Gasteiger partial charge in [0.05, 0.1) is 6.61 Å². The van der Waals surface area contributed by atoms with Crippen LogP contribution >= 0.6 is 0 Å². The molecule has 0 bridgehead atoms. The first-order valence-corrected chi connectivity index (χ1v) is 6.41. The summed E-state index contributed by atoms with van der Waals surface area (Å²) in [6, 6.07) is -0.487. The molecule has 1 amide bonds. The Bertz CT molecular complexity index is 303. The molecule has 0 aliphatic carbocycles. The quantitative estimate of drug-likeness (QED) is 0.414. The average molecular weight is 255 g/mol. The Morgan fingerprint density at radius 3 is 2.89 bits per heavy atom. The van der Waals surface area contributed by atoms with Crippen molar-refractivity contribution in [1.29, 1.82) is 0 Å². The molecule has 18 heavy (non-hydrogen) atoms. The maximum absolute atomic E-state index is 11.8. The molecular weight excluding hydrogens is 234 g/mol. The predicted molar refractivity (Wildman–Crippen MR) is 67.1 cm³/mol. The van der Waals surface area contributed by atoms with Crippen molar-refractivity contribution < 1.29 is 19.1 Å². The third kappa shape index (κ3) is 4.05. The fourth-order valence-corrected chi connectivity index (χ4v) is 1.86. The van der Waals surface area contributed by atoms with Gasteiger partial charge in [-0.15, -0.1) is 0 Å². The molecule has 0 aromatic carbocycles. The highest BCUT2D eigenvalue weighted by Gasteiger charge is 2.36. The average Bonchev–Trinajstić information content (AvgIpc) is 2.85. The van der Waals surface area contributed by atoms with E-state index < -0.39 is 12.1 Å². The molecule has 0 aromatic heterocycles. The minimum absolute atomic E-state index is 0.160. The maximum Gasteiger partial charge on any atom is 0.410 e. The van der Waals surface area contributed by atoms with Crippen molar-refractivity contribution in [3.05, 3.63) is 12.7 Å². The molecule has 1 saturated heterocycles. The van der Waals surface area contributed by atoms with Gasteiger partial charge in [-0.05, 0) is 19.3 Å². The van der Waals surface area contributed by atoms with Crippen LogP contribution in [0.3, 0.4) is 0 Å². The number of unbranched alkanes of at least 4 members (excludes halogenated alkanes) is 1. The topological polar surface area (TPSA) is 55.8 Å². The molecule has 5 heteroatoms. The number of carbonyl (C=O) groups excluding carboxylic acids is 2. The standard InChI is InChI=1S/C13H21NO4/c1-3-5-10-17-12(15)11-7-6-8-14(11)13(16)18-9-4-2/h4,11H,2-3,5-10H2,1H3/t11-/m0/s1. The van der Waals surface area contributed by atoms with Gasteiger partial charge in [-0.2, -0.15) is 0 Å². The van der Waals surface area contributed by atoms with E-state index in [0.29, 0.717) is 19.6 Å². The van der Waals surface area contributed by atoms with Gasteiger partial charge in [0, 0.05) is 6.54 Å². The molecule has 0 N–H and O–H groups in total. The minimum Gasteiger partial charge on any atom is -0.464 e. The first kappa shape index (κ1) is 14.5. The molecule has 102 valence electrons. The summed E-state index contributed by atoms with van der Waals surface area (Å²) < 4.78 is 10.1. The van der Waals surface area contributed by atoms with E-state index >= 15 is 0 Å². The monoisotopic (exact) mass is 255 g/mol. The Morgan fingerprint density at radius 2 is 2.22 bits per heavy atom. The van der Waals surface area contributed by atoms with Crippen molar-refractivity contribution in [2.24, 2.45) is 0 Å². The Hall–Kier alpha value is -1.52. The fourth-order valence-electron chi connectivity index (χ4n) is 1.86. The smallest absolute Gasteiger partial charge is 0.410 e. The van der Waals surface area contributed by atoms with Crippen LogP contribution in [0.5, 0.6) is 0 Å². The van der Waals surface area contributed by atoms with Gasteiger partial charge in [-0.1, -0.05) is 26.0 Å². The van der Waals surface area contributed by atoms with Crippen molar-refractivity contribution in [3.63, 3.8) is 0 Å². The van der Waals surface area contributed by atoms with Crippen LogP contribution in [0.2, 0.25) is 0 Å². The van der Waals surface area contributed by atoms with E-state index in [2.05, 4.69) is 6.58 Å². The Labute approximate surface area is 108 Å². The van der Waals surface area contributed by atoms with E-state index in [-0.39, 0.29) is 12.6 Å². The normalized spacial score (nSPS) is 18.5. The molecule has 1 atom stereocenters. The highest BCUT2D eigenvalue weighted by atomic mass is 16.6. The Balaban J connectivity index is 2.45. The number of esters is 1. The number of amides is 1. The molecule has 0 spiro atoms. The second-order valence-corrected chi connectivity index (χ2v) is 4.24. The lowest BCUT2D eigenvalue weighted by Gasteiger charge is -2.22.